The molecule has 1 unspecified atom stereocenters. The van der Waals surface area contributed by atoms with Gasteiger partial charge in [-0.05, 0) is 31.2 Å². The summed E-state index contributed by atoms with van der Waals surface area (Å²) in [5.41, 5.74) is 5.48. The molecule has 0 aromatic carbocycles. The zero-order chi connectivity index (χ0) is 16.4. The van der Waals surface area contributed by atoms with E-state index in [4.69, 9.17) is 14.9 Å². The number of carbonyl (C=O) groups is 2. The zero-order valence-corrected chi connectivity index (χ0v) is 12.7. The Bertz CT molecular complexity index is 740. The summed E-state index contributed by atoms with van der Waals surface area (Å²) in [6.45, 7) is 3.02. The van der Waals surface area contributed by atoms with Gasteiger partial charge in [-0.25, -0.2) is 0 Å². The lowest BCUT2D eigenvalue weighted by Crippen LogP contribution is -2.42. The lowest BCUT2D eigenvalue weighted by Gasteiger charge is -2.32. The Morgan fingerprint density at radius 2 is 2.17 bits per heavy atom. The molecule has 1 aliphatic rings. The largest absolute Gasteiger partial charge is 0.464 e. The van der Waals surface area contributed by atoms with Crippen LogP contribution in [0.25, 0.3) is 0 Å². The average molecular weight is 315 g/mol. The van der Waals surface area contributed by atoms with Crippen LogP contribution in [0.2, 0.25) is 0 Å². The van der Waals surface area contributed by atoms with Crippen molar-refractivity contribution in [2.75, 3.05) is 19.7 Å². The molecule has 2 aromatic rings. The van der Waals surface area contributed by atoms with Crippen molar-refractivity contribution in [2.24, 2.45) is 5.73 Å². The fourth-order valence-corrected chi connectivity index (χ4v) is 2.58. The lowest BCUT2D eigenvalue weighted by molar-refractivity contribution is -0.0324. The Morgan fingerprint density at radius 1 is 1.35 bits per heavy atom. The second kappa shape index (κ2) is 6.21. The van der Waals surface area contributed by atoms with Crippen LogP contribution in [0.5, 0.6) is 0 Å². The molecule has 7 nitrogen and oxygen atoms in total. The van der Waals surface area contributed by atoms with E-state index < -0.39 is 5.91 Å². The normalized spacial score (nSPS) is 18.0. The van der Waals surface area contributed by atoms with Crippen LogP contribution >= 0.6 is 0 Å². The van der Waals surface area contributed by atoms with E-state index in [9.17, 15) is 9.59 Å². The van der Waals surface area contributed by atoms with E-state index in [-0.39, 0.29) is 23.3 Å². The number of primary amides is 1. The third-order valence-corrected chi connectivity index (χ3v) is 3.70. The predicted molar refractivity (Wildman–Crippen MR) is 80.8 cm³/mol. The second-order valence-corrected chi connectivity index (χ2v) is 5.32. The fourth-order valence-electron chi connectivity index (χ4n) is 2.58. The number of carbonyl (C=O) groups excluding carboxylic acids is 2. The lowest BCUT2D eigenvalue weighted by atomic mass is 10.1. The zero-order valence-electron chi connectivity index (χ0n) is 12.7. The summed E-state index contributed by atoms with van der Waals surface area (Å²) in [5.74, 6) is 0.459. The molecule has 0 aliphatic carbocycles. The van der Waals surface area contributed by atoms with E-state index in [0.717, 1.165) is 5.76 Å². The van der Waals surface area contributed by atoms with E-state index in [1.165, 1.54) is 6.20 Å². The fraction of sp³-hybridized carbons (Fsp3) is 0.312. The quantitative estimate of drug-likeness (QED) is 0.920. The predicted octanol–water partition coefficient (Wildman–Crippen LogP) is 1.30. The van der Waals surface area contributed by atoms with Gasteiger partial charge < -0.3 is 19.8 Å². The summed E-state index contributed by atoms with van der Waals surface area (Å²) in [5, 5.41) is 0. The number of hydrogen-bond acceptors (Lipinski definition) is 5. The number of aromatic nitrogens is 1. The maximum atomic E-state index is 12.7. The maximum absolute atomic E-state index is 12.7. The van der Waals surface area contributed by atoms with E-state index in [1.54, 1.807) is 17.0 Å². The highest BCUT2D eigenvalue weighted by Crippen LogP contribution is 2.25. The first kappa shape index (κ1) is 15.2. The number of morpholine rings is 1. The highest BCUT2D eigenvalue weighted by atomic mass is 16.5. The molecular weight excluding hydrogens is 298 g/mol. The smallest absolute Gasteiger partial charge is 0.268 e. The van der Waals surface area contributed by atoms with Gasteiger partial charge in [-0.2, -0.15) is 0 Å². The van der Waals surface area contributed by atoms with E-state index in [1.807, 2.05) is 19.1 Å². The van der Waals surface area contributed by atoms with Gasteiger partial charge in [0.25, 0.3) is 11.8 Å². The van der Waals surface area contributed by atoms with Crippen molar-refractivity contribution in [1.82, 2.24) is 9.88 Å². The van der Waals surface area contributed by atoms with Crippen LogP contribution in [0, 0.1) is 6.92 Å². The van der Waals surface area contributed by atoms with Crippen molar-refractivity contribution < 1.29 is 18.7 Å². The number of nitrogens with two attached hydrogens (primary N) is 1. The molecule has 23 heavy (non-hydrogen) atoms. The first-order valence-electron chi connectivity index (χ1n) is 7.28. The Kier molecular flexibility index (Phi) is 4.12. The van der Waals surface area contributed by atoms with Crippen LogP contribution in [0.1, 0.15) is 38.5 Å². The van der Waals surface area contributed by atoms with Crippen molar-refractivity contribution in [3.63, 3.8) is 0 Å². The summed E-state index contributed by atoms with van der Waals surface area (Å²) in [6, 6.07) is 6.85. The van der Waals surface area contributed by atoms with Crippen LogP contribution in [0.4, 0.5) is 0 Å². The monoisotopic (exact) mass is 315 g/mol. The minimum absolute atomic E-state index is 0.0191. The molecule has 3 heterocycles. The Hall–Kier alpha value is -2.67. The first-order chi connectivity index (χ1) is 11.1. The van der Waals surface area contributed by atoms with E-state index >= 15 is 0 Å². The minimum Gasteiger partial charge on any atom is -0.464 e. The van der Waals surface area contributed by atoms with Crippen molar-refractivity contribution in [3.8, 4) is 0 Å². The van der Waals surface area contributed by atoms with Crippen molar-refractivity contribution >= 4 is 11.8 Å². The summed E-state index contributed by atoms with van der Waals surface area (Å²) in [6.07, 6.45) is 1.11. The van der Waals surface area contributed by atoms with Gasteiger partial charge in [0.1, 0.15) is 23.3 Å². The van der Waals surface area contributed by atoms with Gasteiger partial charge in [0.2, 0.25) is 0 Å². The molecule has 1 aliphatic heterocycles. The van der Waals surface area contributed by atoms with Gasteiger partial charge in [0, 0.05) is 12.7 Å². The van der Waals surface area contributed by atoms with E-state index in [2.05, 4.69) is 4.98 Å². The van der Waals surface area contributed by atoms with Crippen LogP contribution in [0.15, 0.2) is 34.9 Å². The van der Waals surface area contributed by atoms with Gasteiger partial charge in [0.05, 0.1) is 18.7 Å². The molecule has 1 atom stereocenters. The Balaban J connectivity index is 1.81. The van der Waals surface area contributed by atoms with Crippen LogP contribution < -0.4 is 5.73 Å². The molecular formula is C16H17N3O4. The van der Waals surface area contributed by atoms with Gasteiger partial charge in [-0.15, -0.1) is 0 Å². The molecule has 120 valence electrons. The molecule has 0 radical (unpaired) electrons. The number of rotatable bonds is 3. The number of nitrogens with zero attached hydrogens (tertiary/aromatic N) is 2. The van der Waals surface area contributed by atoms with Gasteiger partial charge in [-0.3, -0.25) is 14.6 Å². The number of aryl methyl sites for hydroxylation is 1. The summed E-state index contributed by atoms with van der Waals surface area (Å²) in [7, 11) is 0. The van der Waals surface area contributed by atoms with Crippen molar-refractivity contribution in [3.05, 3.63) is 53.2 Å². The summed E-state index contributed by atoms with van der Waals surface area (Å²) in [4.78, 5) is 29.7. The number of amides is 2. The van der Waals surface area contributed by atoms with Gasteiger partial charge >= 0.3 is 0 Å². The standard InChI is InChI=1S/C16H17N3O4/c1-10-4-5-12(23-10)13-9-19(7-8-22-13)16(21)11-3-2-6-18-14(11)15(17)20/h2-6,13H,7-9H2,1H3,(H2,17,20). The van der Waals surface area contributed by atoms with Crippen LogP contribution in [-0.2, 0) is 4.74 Å². The Morgan fingerprint density at radius 3 is 2.87 bits per heavy atom. The molecule has 0 spiro atoms. The minimum atomic E-state index is -0.722. The van der Waals surface area contributed by atoms with Crippen molar-refractivity contribution in [2.45, 2.75) is 13.0 Å². The van der Waals surface area contributed by atoms with E-state index in [0.29, 0.717) is 25.5 Å². The summed E-state index contributed by atoms with van der Waals surface area (Å²) >= 11 is 0. The van der Waals surface area contributed by atoms with Crippen molar-refractivity contribution in [1.29, 1.82) is 0 Å². The molecule has 2 amide bonds. The topological polar surface area (TPSA) is 98.7 Å². The molecule has 0 bridgehead atoms. The number of pyridine rings is 1. The molecule has 1 saturated heterocycles. The first-order valence-corrected chi connectivity index (χ1v) is 7.28. The highest BCUT2D eigenvalue weighted by Gasteiger charge is 2.29. The number of ether oxygens (including phenoxy) is 1. The third-order valence-electron chi connectivity index (χ3n) is 3.70. The molecule has 2 aromatic heterocycles. The second-order valence-electron chi connectivity index (χ2n) is 5.32. The average Bonchev–Trinajstić information content (AvgIpc) is 3.01. The molecule has 0 saturated carbocycles. The van der Waals surface area contributed by atoms with Gasteiger partial charge in [0.15, 0.2) is 0 Å². The SMILES string of the molecule is Cc1ccc(C2CN(C(=O)c3cccnc3C(N)=O)CCO2)o1. The highest BCUT2D eigenvalue weighted by molar-refractivity contribution is 6.05. The molecule has 7 heteroatoms. The van der Waals surface area contributed by atoms with Gasteiger partial charge in [-0.1, -0.05) is 0 Å². The molecule has 3 rings (SSSR count). The number of hydrogen-bond donors (Lipinski definition) is 1. The number of furan rings is 1. The molecule has 1 fully saturated rings. The summed E-state index contributed by atoms with van der Waals surface area (Å²) < 4.78 is 11.2. The van der Waals surface area contributed by atoms with Crippen LogP contribution in [-0.4, -0.2) is 41.4 Å². The van der Waals surface area contributed by atoms with Crippen LogP contribution in [0.3, 0.4) is 0 Å². The third kappa shape index (κ3) is 3.09. The maximum Gasteiger partial charge on any atom is 0.268 e. The Labute approximate surface area is 133 Å². The molecule has 2 N–H and O–H groups in total.